The number of hydrogen-bond acceptors (Lipinski definition) is 6. The lowest BCUT2D eigenvalue weighted by molar-refractivity contribution is -0.140. The van der Waals surface area contributed by atoms with Crippen LogP contribution in [0.4, 0.5) is 5.69 Å². The van der Waals surface area contributed by atoms with Crippen molar-refractivity contribution in [1.82, 2.24) is 10.2 Å². The minimum Gasteiger partial charge on any atom is -0.497 e. The van der Waals surface area contributed by atoms with Crippen molar-refractivity contribution in [2.75, 3.05) is 25.1 Å². The Hall–Kier alpha value is -4.54. The maximum Gasteiger partial charge on any atom is 0.264 e. The summed E-state index contributed by atoms with van der Waals surface area (Å²) >= 11 is 6.61. The number of nitrogens with zero attached hydrogens (tertiary/aromatic N) is 2. The Balaban J connectivity index is 1.62. The van der Waals surface area contributed by atoms with Gasteiger partial charge in [0.25, 0.3) is 10.0 Å². The molecule has 2 amide bonds. The molecule has 1 fully saturated rings. The van der Waals surface area contributed by atoms with E-state index in [-0.39, 0.29) is 41.2 Å². The first-order valence-corrected chi connectivity index (χ1v) is 17.7. The highest BCUT2D eigenvalue weighted by Gasteiger charge is 2.36. The third-order valence-corrected chi connectivity index (χ3v) is 10.7. The molecule has 0 unspecified atom stereocenters. The Morgan fingerprint density at radius 1 is 0.875 bits per heavy atom. The maximum atomic E-state index is 14.8. The van der Waals surface area contributed by atoms with Gasteiger partial charge in [0.1, 0.15) is 24.1 Å². The van der Waals surface area contributed by atoms with Crippen molar-refractivity contribution in [3.63, 3.8) is 0 Å². The van der Waals surface area contributed by atoms with Crippen molar-refractivity contribution >= 4 is 39.1 Å². The molecule has 0 heterocycles. The standard InChI is InChI=1S/C37H40ClN3O6S/c1-46-30-21-22-35(47-2)33(24-30)41(48(44,45)31-18-7-4-8-19-31)26-36(42)40(25-28-15-9-12-20-32(28)38)34(23-27-13-5-3-6-14-27)37(43)39-29-16-10-11-17-29/h3-9,12-15,18-22,24,29,34H,10-11,16-17,23,25-26H2,1-2H3,(H,39,43)/t34-/m1/s1. The van der Waals surface area contributed by atoms with Gasteiger partial charge in [-0.05, 0) is 54.3 Å². The van der Waals surface area contributed by atoms with E-state index in [1.807, 2.05) is 36.4 Å². The van der Waals surface area contributed by atoms with Gasteiger partial charge in [0, 0.05) is 30.1 Å². The third kappa shape index (κ3) is 8.29. The van der Waals surface area contributed by atoms with Gasteiger partial charge in [0.15, 0.2) is 0 Å². The maximum absolute atomic E-state index is 14.8. The average molecular weight is 690 g/mol. The molecule has 48 heavy (non-hydrogen) atoms. The Kier molecular flexibility index (Phi) is 11.6. The Morgan fingerprint density at radius 2 is 1.52 bits per heavy atom. The fourth-order valence-corrected chi connectivity index (χ4v) is 7.59. The van der Waals surface area contributed by atoms with Crippen LogP contribution in [0.5, 0.6) is 11.5 Å². The molecule has 5 rings (SSSR count). The quantitative estimate of drug-likeness (QED) is 0.168. The molecule has 4 aromatic carbocycles. The minimum absolute atomic E-state index is 0.00374. The van der Waals surface area contributed by atoms with Crippen molar-refractivity contribution < 1.29 is 27.5 Å². The van der Waals surface area contributed by atoms with Crippen LogP contribution in [0, 0.1) is 0 Å². The number of nitrogens with one attached hydrogen (secondary N) is 1. The summed E-state index contributed by atoms with van der Waals surface area (Å²) in [5, 5.41) is 3.60. The van der Waals surface area contributed by atoms with E-state index in [0.29, 0.717) is 16.3 Å². The first kappa shape index (κ1) is 34.8. The molecule has 4 aromatic rings. The zero-order valence-corrected chi connectivity index (χ0v) is 28.6. The molecule has 0 aliphatic heterocycles. The van der Waals surface area contributed by atoms with Gasteiger partial charge in [-0.2, -0.15) is 0 Å². The second kappa shape index (κ2) is 16.0. The van der Waals surface area contributed by atoms with Gasteiger partial charge in [-0.1, -0.05) is 91.2 Å². The minimum atomic E-state index is -4.32. The van der Waals surface area contributed by atoms with Crippen molar-refractivity contribution in [2.24, 2.45) is 0 Å². The van der Waals surface area contributed by atoms with Crippen molar-refractivity contribution in [3.8, 4) is 11.5 Å². The number of hydrogen-bond donors (Lipinski definition) is 1. The average Bonchev–Trinajstić information content (AvgIpc) is 3.63. The van der Waals surface area contributed by atoms with Crippen LogP contribution in [0.1, 0.15) is 36.8 Å². The second-order valence-electron chi connectivity index (χ2n) is 11.7. The predicted molar refractivity (Wildman–Crippen MR) is 187 cm³/mol. The highest BCUT2D eigenvalue weighted by Crippen LogP contribution is 2.36. The lowest BCUT2D eigenvalue weighted by Crippen LogP contribution is -2.54. The summed E-state index contributed by atoms with van der Waals surface area (Å²) in [6.07, 6.45) is 3.97. The molecule has 0 bridgehead atoms. The van der Waals surface area contributed by atoms with E-state index < -0.39 is 28.5 Å². The monoisotopic (exact) mass is 689 g/mol. The highest BCUT2D eigenvalue weighted by atomic mass is 35.5. The Labute approximate surface area is 287 Å². The normalized spacial score (nSPS) is 13.8. The number of halogens is 1. The molecule has 0 radical (unpaired) electrons. The second-order valence-corrected chi connectivity index (χ2v) is 13.9. The molecule has 11 heteroatoms. The number of methoxy groups -OCH3 is 2. The SMILES string of the molecule is COc1ccc(OC)c(N(CC(=O)N(Cc2ccccc2Cl)[C@H](Cc2ccccc2)C(=O)NC2CCCC2)S(=O)(=O)c2ccccc2)c1. The van der Waals surface area contributed by atoms with Crippen LogP contribution < -0.4 is 19.1 Å². The smallest absolute Gasteiger partial charge is 0.264 e. The molecule has 1 aliphatic carbocycles. The fraction of sp³-hybridized carbons (Fsp3) is 0.297. The van der Waals surface area contributed by atoms with Gasteiger partial charge in [0.05, 0.1) is 24.8 Å². The molecule has 1 saturated carbocycles. The zero-order valence-electron chi connectivity index (χ0n) is 27.0. The van der Waals surface area contributed by atoms with Crippen molar-refractivity contribution in [2.45, 2.75) is 55.6 Å². The lowest BCUT2D eigenvalue weighted by Gasteiger charge is -2.34. The molecule has 0 aromatic heterocycles. The summed E-state index contributed by atoms with van der Waals surface area (Å²) in [6.45, 7) is -0.657. The topological polar surface area (TPSA) is 105 Å². The molecule has 1 atom stereocenters. The first-order chi connectivity index (χ1) is 23.2. The van der Waals surface area contributed by atoms with Crippen LogP contribution in [-0.2, 0) is 32.6 Å². The predicted octanol–water partition coefficient (Wildman–Crippen LogP) is 6.25. The van der Waals surface area contributed by atoms with Crippen LogP contribution in [0.15, 0.2) is 108 Å². The van der Waals surface area contributed by atoms with E-state index in [1.165, 1.54) is 37.3 Å². The summed E-state index contributed by atoms with van der Waals surface area (Å²) in [4.78, 5) is 30.4. The number of amides is 2. The van der Waals surface area contributed by atoms with E-state index in [9.17, 15) is 18.0 Å². The van der Waals surface area contributed by atoms with Crippen LogP contribution in [0.3, 0.4) is 0 Å². The summed E-state index contributed by atoms with van der Waals surface area (Å²) in [5.41, 5.74) is 1.58. The van der Waals surface area contributed by atoms with E-state index in [1.54, 1.807) is 48.5 Å². The Morgan fingerprint density at radius 3 is 2.17 bits per heavy atom. The largest absolute Gasteiger partial charge is 0.497 e. The lowest BCUT2D eigenvalue weighted by atomic mass is 10.0. The Bertz CT molecular complexity index is 1800. The summed E-state index contributed by atoms with van der Waals surface area (Å²) < 4.78 is 40.7. The van der Waals surface area contributed by atoms with E-state index in [4.69, 9.17) is 21.1 Å². The molecular formula is C37H40ClN3O6S. The van der Waals surface area contributed by atoms with Gasteiger partial charge in [-0.3, -0.25) is 13.9 Å². The number of ether oxygens (including phenoxy) is 2. The molecule has 252 valence electrons. The van der Waals surface area contributed by atoms with Gasteiger partial charge in [0.2, 0.25) is 11.8 Å². The molecule has 1 aliphatic rings. The number of rotatable bonds is 14. The van der Waals surface area contributed by atoms with Crippen molar-refractivity contribution in [3.05, 3.63) is 119 Å². The highest BCUT2D eigenvalue weighted by molar-refractivity contribution is 7.92. The van der Waals surface area contributed by atoms with Crippen LogP contribution >= 0.6 is 11.6 Å². The fourth-order valence-electron chi connectivity index (χ4n) is 5.96. The number of benzene rings is 4. The van der Waals surface area contributed by atoms with Crippen molar-refractivity contribution in [1.29, 1.82) is 0 Å². The summed E-state index contributed by atoms with van der Waals surface area (Å²) in [7, 11) is -1.43. The molecular weight excluding hydrogens is 650 g/mol. The van der Waals surface area contributed by atoms with Gasteiger partial charge >= 0.3 is 0 Å². The van der Waals surface area contributed by atoms with Crippen LogP contribution in [-0.4, -0.2) is 58.0 Å². The van der Waals surface area contributed by atoms with E-state index >= 15 is 0 Å². The number of carbonyl (C=O) groups is 2. The molecule has 1 N–H and O–H groups in total. The first-order valence-electron chi connectivity index (χ1n) is 15.9. The zero-order chi connectivity index (χ0) is 34.1. The number of carbonyl (C=O) groups excluding carboxylic acids is 2. The van der Waals surface area contributed by atoms with Gasteiger partial charge < -0.3 is 19.7 Å². The molecule has 9 nitrogen and oxygen atoms in total. The molecule has 0 spiro atoms. The number of anilines is 1. The summed E-state index contributed by atoms with van der Waals surface area (Å²) in [6, 6.07) is 28.2. The van der Waals surface area contributed by atoms with E-state index in [2.05, 4.69) is 5.32 Å². The van der Waals surface area contributed by atoms with Gasteiger partial charge in [-0.15, -0.1) is 0 Å². The van der Waals surface area contributed by atoms with Crippen LogP contribution in [0.25, 0.3) is 0 Å². The molecule has 0 saturated heterocycles. The van der Waals surface area contributed by atoms with Gasteiger partial charge in [-0.25, -0.2) is 8.42 Å². The number of sulfonamides is 1. The van der Waals surface area contributed by atoms with Crippen LogP contribution in [0.2, 0.25) is 5.02 Å². The third-order valence-electron chi connectivity index (χ3n) is 8.54. The van der Waals surface area contributed by atoms with E-state index in [0.717, 1.165) is 35.6 Å². The summed E-state index contributed by atoms with van der Waals surface area (Å²) in [5.74, 6) is -0.303.